The van der Waals surface area contributed by atoms with Crippen molar-refractivity contribution >= 4 is 10.9 Å². The largest absolute Gasteiger partial charge is 0.490 e. The summed E-state index contributed by atoms with van der Waals surface area (Å²) in [6, 6.07) is 10.5. The van der Waals surface area contributed by atoms with Crippen molar-refractivity contribution in [1.29, 1.82) is 0 Å². The Morgan fingerprint density at radius 1 is 1.24 bits per heavy atom. The normalized spacial score (nSPS) is 20.9. The molecule has 0 radical (unpaired) electrons. The number of morpholine rings is 1. The number of aromatic nitrogens is 2. The maximum Gasteiger partial charge on any atom is 0.129 e. The molecule has 1 aliphatic heterocycles. The molecule has 1 spiro atoms. The standard InChI is InChI=1S/C24H29N3O2/c1-23(2,3)27-10-6-17(14-27)18-11-21-20(5-4-9-26-21)22(12-18)28-15-19-13-25-16-24(29-19)7-8-24/h4-6,9-12,14,19,25H,7-8,13,15-16H2,1-3H3/t19-/m0/s1. The van der Waals surface area contributed by atoms with Gasteiger partial charge in [0.05, 0.1) is 11.1 Å². The van der Waals surface area contributed by atoms with E-state index in [4.69, 9.17) is 9.47 Å². The lowest BCUT2D eigenvalue weighted by Crippen LogP contribution is -2.48. The summed E-state index contributed by atoms with van der Waals surface area (Å²) in [5, 5.41) is 4.53. The van der Waals surface area contributed by atoms with Crippen molar-refractivity contribution in [2.45, 2.75) is 50.9 Å². The summed E-state index contributed by atoms with van der Waals surface area (Å²) >= 11 is 0. The lowest BCUT2D eigenvalue weighted by Gasteiger charge is -2.31. The molecule has 0 bridgehead atoms. The minimum absolute atomic E-state index is 0.0523. The first-order valence-corrected chi connectivity index (χ1v) is 10.5. The summed E-state index contributed by atoms with van der Waals surface area (Å²) in [6.45, 7) is 8.97. The molecular weight excluding hydrogens is 362 g/mol. The summed E-state index contributed by atoms with van der Waals surface area (Å²) in [5.74, 6) is 0.869. The van der Waals surface area contributed by atoms with Gasteiger partial charge in [-0.2, -0.15) is 0 Å². The maximum atomic E-state index is 6.30. The summed E-state index contributed by atoms with van der Waals surface area (Å²) < 4.78 is 14.8. The Bertz CT molecular complexity index is 1030. The van der Waals surface area contributed by atoms with Gasteiger partial charge in [-0.05, 0) is 75.1 Å². The Hall–Kier alpha value is -2.37. The fourth-order valence-electron chi connectivity index (χ4n) is 4.03. The molecule has 5 nitrogen and oxygen atoms in total. The number of nitrogens with one attached hydrogen (secondary N) is 1. The number of pyridine rings is 1. The van der Waals surface area contributed by atoms with Crippen LogP contribution in [-0.4, -0.2) is 41.0 Å². The fourth-order valence-corrected chi connectivity index (χ4v) is 4.03. The Labute approximate surface area is 172 Å². The second-order valence-electron chi connectivity index (χ2n) is 9.39. The first kappa shape index (κ1) is 18.6. The average molecular weight is 392 g/mol. The molecule has 2 aliphatic rings. The van der Waals surface area contributed by atoms with Crippen LogP contribution < -0.4 is 10.1 Å². The highest BCUT2D eigenvalue weighted by atomic mass is 16.6. The van der Waals surface area contributed by atoms with Crippen LogP contribution in [0.2, 0.25) is 0 Å². The van der Waals surface area contributed by atoms with E-state index in [1.54, 1.807) is 0 Å². The molecule has 1 N–H and O–H groups in total. The van der Waals surface area contributed by atoms with Gasteiger partial charge >= 0.3 is 0 Å². The minimum atomic E-state index is 0.0523. The van der Waals surface area contributed by atoms with Crippen molar-refractivity contribution < 1.29 is 9.47 Å². The molecule has 3 heterocycles. The van der Waals surface area contributed by atoms with Gasteiger partial charge in [0.2, 0.25) is 0 Å². The van der Waals surface area contributed by atoms with Gasteiger partial charge in [-0.15, -0.1) is 0 Å². The predicted molar refractivity (Wildman–Crippen MR) is 115 cm³/mol. The Kier molecular flexibility index (Phi) is 4.41. The summed E-state index contributed by atoms with van der Waals surface area (Å²) in [4.78, 5) is 4.58. The number of rotatable bonds is 4. The molecule has 2 aromatic heterocycles. The van der Waals surface area contributed by atoms with Crippen LogP contribution >= 0.6 is 0 Å². The van der Waals surface area contributed by atoms with Gasteiger partial charge in [0.15, 0.2) is 0 Å². The predicted octanol–water partition coefficient (Wildman–Crippen LogP) is 4.36. The van der Waals surface area contributed by atoms with Crippen LogP contribution in [0.3, 0.4) is 0 Å². The summed E-state index contributed by atoms with van der Waals surface area (Å²) in [6.07, 6.45) is 8.56. The van der Waals surface area contributed by atoms with Gasteiger partial charge in [0, 0.05) is 42.6 Å². The van der Waals surface area contributed by atoms with Crippen molar-refractivity contribution in [3.05, 3.63) is 48.9 Å². The number of fused-ring (bicyclic) bond motifs is 1. The Morgan fingerprint density at radius 2 is 2.10 bits per heavy atom. The van der Waals surface area contributed by atoms with E-state index in [1.165, 1.54) is 5.56 Å². The maximum absolute atomic E-state index is 6.30. The average Bonchev–Trinajstić information content (AvgIpc) is 3.24. The number of nitrogens with zero attached hydrogens (tertiary/aromatic N) is 2. The van der Waals surface area contributed by atoms with Crippen molar-refractivity contribution in [1.82, 2.24) is 14.9 Å². The third kappa shape index (κ3) is 3.77. The van der Waals surface area contributed by atoms with E-state index in [0.717, 1.165) is 48.1 Å². The van der Waals surface area contributed by atoms with E-state index < -0.39 is 0 Å². The highest BCUT2D eigenvalue weighted by molar-refractivity contribution is 5.90. The van der Waals surface area contributed by atoms with Gasteiger partial charge < -0.3 is 19.4 Å². The lowest BCUT2D eigenvalue weighted by atomic mass is 10.1. The van der Waals surface area contributed by atoms with Crippen LogP contribution in [0, 0.1) is 0 Å². The highest BCUT2D eigenvalue weighted by Crippen LogP contribution is 2.41. The minimum Gasteiger partial charge on any atom is -0.490 e. The summed E-state index contributed by atoms with van der Waals surface area (Å²) in [7, 11) is 0. The first-order valence-electron chi connectivity index (χ1n) is 10.5. The summed E-state index contributed by atoms with van der Waals surface area (Å²) in [5.41, 5.74) is 3.37. The molecule has 1 saturated carbocycles. The SMILES string of the molecule is CC(C)(C)n1ccc(-c2cc(OC[C@@H]3CNCC4(CC4)O3)c3cccnc3c2)c1. The van der Waals surface area contributed by atoms with Crippen LogP contribution in [0.1, 0.15) is 33.6 Å². The second kappa shape index (κ2) is 6.85. The van der Waals surface area contributed by atoms with Crippen molar-refractivity contribution in [3.63, 3.8) is 0 Å². The molecule has 0 unspecified atom stereocenters. The van der Waals surface area contributed by atoms with E-state index in [1.807, 2.05) is 12.3 Å². The van der Waals surface area contributed by atoms with Crippen LogP contribution in [0.4, 0.5) is 0 Å². The lowest BCUT2D eigenvalue weighted by molar-refractivity contribution is -0.0711. The zero-order chi connectivity index (χ0) is 20.1. The van der Waals surface area contributed by atoms with Crippen molar-refractivity contribution in [3.8, 4) is 16.9 Å². The molecule has 2 fully saturated rings. The molecule has 3 aromatic rings. The van der Waals surface area contributed by atoms with E-state index in [-0.39, 0.29) is 17.2 Å². The van der Waals surface area contributed by atoms with Crippen LogP contribution in [-0.2, 0) is 10.3 Å². The highest BCUT2D eigenvalue weighted by Gasteiger charge is 2.47. The first-order chi connectivity index (χ1) is 13.9. The zero-order valence-corrected chi connectivity index (χ0v) is 17.4. The molecule has 1 saturated heterocycles. The molecule has 29 heavy (non-hydrogen) atoms. The van der Waals surface area contributed by atoms with E-state index in [9.17, 15) is 0 Å². The van der Waals surface area contributed by atoms with E-state index >= 15 is 0 Å². The van der Waals surface area contributed by atoms with Gasteiger partial charge in [0.1, 0.15) is 18.5 Å². The van der Waals surface area contributed by atoms with E-state index in [2.05, 4.69) is 72.3 Å². The number of benzene rings is 1. The molecule has 0 amide bonds. The molecule has 5 rings (SSSR count). The topological polar surface area (TPSA) is 48.3 Å². The zero-order valence-electron chi connectivity index (χ0n) is 17.4. The second-order valence-corrected chi connectivity index (χ2v) is 9.39. The van der Waals surface area contributed by atoms with E-state index in [0.29, 0.717) is 6.61 Å². The van der Waals surface area contributed by atoms with Crippen molar-refractivity contribution in [2.75, 3.05) is 19.7 Å². The number of ether oxygens (including phenoxy) is 2. The molecule has 5 heteroatoms. The van der Waals surface area contributed by atoms with Gasteiger partial charge in [-0.1, -0.05) is 0 Å². The number of hydrogen-bond acceptors (Lipinski definition) is 4. The van der Waals surface area contributed by atoms with Gasteiger partial charge in [-0.3, -0.25) is 4.98 Å². The molecule has 152 valence electrons. The van der Waals surface area contributed by atoms with Gasteiger partial charge in [0.25, 0.3) is 0 Å². The Morgan fingerprint density at radius 3 is 2.86 bits per heavy atom. The smallest absolute Gasteiger partial charge is 0.129 e. The molecular formula is C24H29N3O2. The number of hydrogen-bond donors (Lipinski definition) is 1. The van der Waals surface area contributed by atoms with Crippen LogP contribution in [0.5, 0.6) is 5.75 Å². The van der Waals surface area contributed by atoms with Crippen LogP contribution in [0.25, 0.3) is 22.0 Å². The quantitative estimate of drug-likeness (QED) is 0.718. The third-order valence-corrected chi connectivity index (χ3v) is 5.95. The monoisotopic (exact) mass is 391 g/mol. The van der Waals surface area contributed by atoms with Crippen LogP contribution in [0.15, 0.2) is 48.9 Å². The Balaban J connectivity index is 1.43. The fraction of sp³-hybridized carbons (Fsp3) is 0.458. The molecule has 1 aromatic carbocycles. The molecule has 1 aliphatic carbocycles. The van der Waals surface area contributed by atoms with Gasteiger partial charge in [-0.25, -0.2) is 0 Å². The molecule has 1 atom stereocenters. The third-order valence-electron chi connectivity index (χ3n) is 5.95. The van der Waals surface area contributed by atoms with Crippen molar-refractivity contribution in [2.24, 2.45) is 0 Å².